The maximum Gasteiger partial charge on any atom is 0.369 e. The number of rotatable bonds is 8. The van der Waals surface area contributed by atoms with Gasteiger partial charge in [0.1, 0.15) is 0 Å². The van der Waals surface area contributed by atoms with Crippen LogP contribution < -0.4 is 11.5 Å². The summed E-state index contributed by atoms with van der Waals surface area (Å²) in [5, 5.41) is 11.8. The van der Waals surface area contributed by atoms with Gasteiger partial charge in [-0.05, 0) is 47.5 Å². The molecule has 53 heavy (non-hydrogen) atoms. The highest BCUT2D eigenvalue weighted by Gasteiger charge is 2.19. The van der Waals surface area contributed by atoms with Crippen molar-refractivity contribution in [3.8, 4) is 0 Å². The van der Waals surface area contributed by atoms with Crippen molar-refractivity contribution < 1.29 is 30.4 Å². The molecule has 0 saturated carbocycles. The highest BCUT2D eigenvalue weighted by Crippen LogP contribution is 2.21. The van der Waals surface area contributed by atoms with Gasteiger partial charge < -0.3 is 30.4 Å². The molecule has 4 aromatic heterocycles. The van der Waals surface area contributed by atoms with Crippen LogP contribution in [-0.4, -0.2) is 68.2 Å². The van der Waals surface area contributed by atoms with Gasteiger partial charge in [-0.15, -0.1) is 47.3 Å². The lowest BCUT2D eigenvalue weighted by Gasteiger charge is -2.07. The van der Waals surface area contributed by atoms with Gasteiger partial charge in [0.15, 0.2) is 23.0 Å². The number of methoxy groups -OCH3 is 1. The summed E-state index contributed by atoms with van der Waals surface area (Å²) in [7, 11) is 1.24. The standard InChI is InChI=1S/C16H13ClN4O3.C15H11ClN4O3.C2H6.BBr3/c1-24-16(23)13-8-21(15(20-13)14(18)22)7-9-2-3-12-10(4-9)5-11(17)6-19-12;16-10-4-9-3-8(1-2-11(9)18-5-10)6-20-7-12(15(22)23)19-14(20)13(17)21;1-2;2-1(3)4/h2-6,8H,7H2,1H3,(H2,18,22);1-5,7H,6H2,(H2,17,21)(H,22,23);1-2H3;/i;;1D;. The second-order valence-corrected chi connectivity index (χ2v) is 17.6. The zero-order valence-electron chi connectivity index (χ0n) is 28.8. The van der Waals surface area contributed by atoms with Crippen LogP contribution in [-0.2, 0) is 17.8 Å². The predicted molar refractivity (Wildman–Crippen MR) is 215 cm³/mol. The molecule has 0 aliphatic rings. The van der Waals surface area contributed by atoms with Gasteiger partial charge in [0.25, 0.3) is 11.8 Å². The summed E-state index contributed by atoms with van der Waals surface area (Å²) in [4.78, 5) is 61.7. The first-order valence-corrected chi connectivity index (χ1v) is 18.4. The molecule has 276 valence electrons. The minimum absolute atomic E-state index is 0.0142. The fourth-order valence-electron chi connectivity index (χ4n) is 4.67. The first-order chi connectivity index (χ1) is 25.6. The van der Waals surface area contributed by atoms with Crippen LogP contribution in [0.2, 0.25) is 10.0 Å². The minimum atomic E-state index is -1.22. The second kappa shape index (κ2) is 20.2. The normalized spacial score (nSPS) is 10.4. The summed E-state index contributed by atoms with van der Waals surface area (Å²) in [6.07, 6.45) is 5.85. The number of nitrogens with two attached hydrogens (primary N) is 2. The Kier molecular flexibility index (Phi) is 15.8. The number of benzene rings is 2. The van der Waals surface area contributed by atoms with Gasteiger partial charge in [0.2, 0.25) is 0 Å². The second-order valence-electron chi connectivity index (χ2n) is 10.3. The van der Waals surface area contributed by atoms with Crippen molar-refractivity contribution in [1.82, 2.24) is 29.1 Å². The molecule has 4 heterocycles. The summed E-state index contributed by atoms with van der Waals surface area (Å²) in [5.41, 5.74) is 13.7. The number of esters is 1. The number of imidazole rings is 2. The third-order valence-corrected chi connectivity index (χ3v) is 7.15. The molecule has 6 rings (SSSR count). The number of hydrogen-bond donors (Lipinski definition) is 3. The van der Waals surface area contributed by atoms with E-state index in [2.05, 4.69) is 71.9 Å². The Bertz CT molecular complexity index is 2290. The molecule has 0 unspecified atom stereocenters. The highest BCUT2D eigenvalue weighted by molar-refractivity contribution is 9.69. The number of carboxylic acids is 1. The molecular weight excluding hydrogens is 926 g/mol. The Labute approximate surface area is 339 Å². The number of primary amides is 2. The Morgan fingerprint density at radius 1 is 0.811 bits per heavy atom. The van der Waals surface area contributed by atoms with Gasteiger partial charge in [-0.1, -0.05) is 49.2 Å². The summed E-state index contributed by atoms with van der Waals surface area (Å²) in [6.45, 7) is 2.85. The fraction of sp³-hybridized carbons (Fsp3) is 0.152. The SMILES string of the molecule is BrB(Br)Br.COC(=O)c1cn(Cc2ccc3ncc(Cl)cc3c2)c(C(N)=O)n1.NC(=O)c1nc(C(=O)O)cn1Cc1ccc2ncc(Cl)cc2c1.[2H]CC. The van der Waals surface area contributed by atoms with Crippen molar-refractivity contribution in [2.75, 3.05) is 7.11 Å². The number of fused-ring (bicyclic) bond motifs is 2. The fourth-order valence-corrected chi connectivity index (χ4v) is 5.00. The number of carbonyl (C=O) groups excluding carboxylic acids is 3. The van der Waals surface area contributed by atoms with Crippen molar-refractivity contribution in [3.63, 3.8) is 0 Å². The third-order valence-electron chi connectivity index (χ3n) is 6.74. The first kappa shape index (κ1) is 41.4. The predicted octanol–water partition coefficient (Wildman–Crippen LogP) is 7.13. The smallest absolute Gasteiger partial charge is 0.369 e. The molecule has 6 aromatic rings. The lowest BCUT2D eigenvalue weighted by atomic mass is 10.1. The molecule has 5 N–H and O–H groups in total. The Hall–Kier alpha value is -4.36. The van der Waals surface area contributed by atoms with E-state index < -0.39 is 23.8 Å². The van der Waals surface area contributed by atoms with Crippen LogP contribution in [0.4, 0.5) is 0 Å². The zero-order chi connectivity index (χ0) is 40.1. The number of amides is 2. The Balaban J connectivity index is 0.000000248. The molecule has 0 aliphatic carbocycles. The van der Waals surface area contributed by atoms with E-state index in [1.54, 1.807) is 31.5 Å². The molecule has 0 saturated heterocycles. The van der Waals surface area contributed by atoms with Crippen LogP contribution in [0.3, 0.4) is 0 Å². The average molecular weight is 957 g/mol. The molecule has 20 heteroatoms. The van der Waals surface area contributed by atoms with E-state index in [-0.39, 0.29) is 32.8 Å². The first-order valence-electron chi connectivity index (χ1n) is 15.6. The molecule has 0 atom stereocenters. The van der Waals surface area contributed by atoms with Gasteiger partial charge >= 0.3 is 15.1 Å². The highest BCUT2D eigenvalue weighted by atomic mass is 79.9. The summed E-state index contributed by atoms with van der Waals surface area (Å²) >= 11 is 21.2. The topological polar surface area (TPSA) is 211 Å². The van der Waals surface area contributed by atoms with E-state index in [9.17, 15) is 19.2 Å². The van der Waals surface area contributed by atoms with Crippen LogP contribution in [0.25, 0.3) is 21.8 Å². The van der Waals surface area contributed by atoms with Crippen molar-refractivity contribution in [2.24, 2.45) is 11.5 Å². The van der Waals surface area contributed by atoms with E-state index in [0.717, 1.165) is 32.9 Å². The third kappa shape index (κ3) is 12.4. The van der Waals surface area contributed by atoms with Gasteiger partial charge in [-0.2, -0.15) is 0 Å². The number of nitrogens with zero attached hydrogens (tertiary/aromatic N) is 6. The van der Waals surface area contributed by atoms with Gasteiger partial charge in [-0.3, -0.25) is 19.6 Å². The summed E-state index contributed by atoms with van der Waals surface area (Å²) in [6, 6.07) is 14.7. The summed E-state index contributed by atoms with van der Waals surface area (Å²) in [5.74, 6) is -3.49. The van der Waals surface area contributed by atoms with Gasteiger partial charge in [0, 0.05) is 50.0 Å². The van der Waals surface area contributed by atoms with Crippen molar-refractivity contribution in [2.45, 2.75) is 26.9 Å². The maximum absolute atomic E-state index is 11.6. The molecule has 0 spiro atoms. The number of hydrogen-bond acceptors (Lipinski definition) is 9. The lowest BCUT2D eigenvalue weighted by Crippen LogP contribution is -2.18. The monoisotopic (exact) mass is 953 g/mol. The number of halogens is 5. The molecule has 0 radical (unpaired) electrons. The molecule has 0 fully saturated rings. The molecule has 0 aliphatic heterocycles. The van der Waals surface area contributed by atoms with Crippen molar-refractivity contribution in [3.05, 3.63) is 118 Å². The maximum atomic E-state index is 11.6. The van der Waals surface area contributed by atoms with Crippen molar-refractivity contribution in [1.29, 1.82) is 0 Å². The lowest BCUT2D eigenvalue weighted by molar-refractivity contribution is 0.0593. The van der Waals surface area contributed by atoms with E-state index >= 15 is 0 Å². The van der Waals surface area contributed by atoms with E-state index in [4.69, 9.17) is 41.1 Å². The van der Waals surface area contributed by atoms with Crippen LogP contribution in [0.5, 0.6) is 0 Å². The number of aromatic carboxylic acids is 1. The molecule has 2 amide bonds. The van der Waals surface area contributed by atoms with Crippen LogP contribution in [0, 0.1) is 0 Å². The van der Waals surface area contributed by atoms with Gasteiger partial charge in [0.05, 0.1) is 28.2 Å². The van der Waals surface area contributed by atoms with E-state index in [1.165, 1.54) is 28.6 Å². The molecule has 0 bridgehead atoms. The largest absolute Gasteiger partial charge is 0.476 e. The average Bonchev–Trinajstić information content (AvgIpc) is 3.73. The Morgan fingerprint density at radius 2 is 1.21 bits per heavy atom. The molecule has 2 aromatic carbocycles. The van der Waals surface area contributed by atoms with Gasteiger partial charge in [-0.25, -0.2) is 19.6 Å². The molecule has 14 nitrogen and oxygen atoms in total. The van der Waals surface area contributed by atoms with Crippen LogP contribution in [0.1, 0.15) is 68.5 Å². The molecular formula is C33H30BBr3Cl2N8O6. The van der Waals surface area contributed by atoms with E-state index in [1.807, 2.05) is 36.4 Å². The van der Waals surface area contributed by atoms with Crippen LogP contribution >= 0.6 is 70.5 Å². The number of ether oxygens (including phenoxy) is 1. The number of aromatic nitrogens is 6. The minimum Gasteiger partial charge on any atom is -0.476 e. The Morgan fingerprint density at radius 3 is 1.58 bits per heavy atom. The summed E-state index contributed by atoms with van der Waals surface area (Å²) < 4.78 is 14.0. The van der Waals surface area contributed by atoms with Crippen molar-refractivity contribution >= 4 is 119 Å². The number of carboxylic acid groups (broad SMARTS) is 1. The quantitative estimate of drug-likeness (QED) is 0.104. The zero-order valence-corrected chi connectivity index (χ0v) is 34.1. The van der Waals surface area contributed by atoms with E-state index in [0.29, 0.717) is 23.5 Å². The number of pyridine rings is 2. The number of carbonyl (C=O) groups is 4. The van der Waals surface area contributed by atoms with Crippen LogP contribution in [0.15, 0.2) is 73.3 Å².